The molecule has 5 nitrogen and oxygen atoms in total. The average molecular weight is 389 g/mol. The summed E-state index contributed by atoms with van der Waals surface area (Å²) in [4.78, 5) is 32.8. The molecule has 29 heavy (non-hydrogen) atoms. The zero-order valence-corrected chi connectivity index (χ0v) is 17.0. The minimum atomic E-state index is -0.598. The summed E-state index contributed by atoms with van der Waals surface area (Å²) in [6.07, 6.45) is 3.62. The minimum absolute atomic E-state index is 0.0149. The van der Waals surface area contributed by atoms with Gasteiger partial charge in [-0.15, -0.1) is 0 Å². The van der Waals surface area contributed by atoms with Crippen molar-refractivity contribution in [2.24, 2.45) is 10.9 Å². The number of hydrogen-bond acceptors (Lipinski definition) is 3. The Morgan fingerprint density at radius 3 is 2.55 bits per heavy atom. The van der Waals surface area contributed by atoms with E-state index < -0.39 is 5.66 Å². The number of rotatable bonds is 4. The van der Waals surface area contributed by atoms with E-state index in [0.29, 0.717) is 11.6 Å². The lowest BCUT2D eigenvalue weighted by atomic mass is 9.82. The van der Waals surface area contributed by atoms with E-state index in [1.807, 2.05) is 61.5 Å². The van der Waals surface area contributed by atoms with Crippen molar-refractivity contribution in [2.45, 2.75) is 45.2 Å². The van der Waals surface area contributed by atoms with Gasteiger partial charge in [0.15, 0.2) is 0 Å². The summed E-state index contributed by atoms with van der Waals surface area (Å²) in [7, 11) is 0. The van der Waals surface area contributed by atoms with E-state index in [1.165, 1.54) is 0 Å². The number of anilines is 1. The Morgan fingerprint density at radius 2 is 1.86 bits per heavy atom. The van der Waals surface area contributed by atoms with Gasteiger partial charge in [0, 0.05) is 11.3 Å². The fraction of sp³-hybridized carbons (Fsp3) is 0.375. The number of aliphatic imine (C=N–C) groups is 1. The summed E-state index contributed by atoms with van der Waals surface area (Å²) in [5, 5.41) is 2.93. The molecule has 0 saturated heterocycles. The van der Waals surface area contributed by atoms with Crippen molar-refractivity contribution >= 4 is 23.2 Å². The van der Waals surface area contributed by atoms with Gasteiger partial charge in [0.2, 0.25) is 5.91 Å². The molecule has 1 aliphatic heterocycles. The molecule has 2 aliphatic rings. The molecule has 0 bridgehead atoms. The molecule has 1 saturated carbocycles. The maximum atomic E-state index is 13.3. The second kappa shape index (κ2) is 7.82. The van der Waals surface area contributed by atoms with Crippen LogP contribution in [-0.4, -0.2) is 34.6 Å². The highest BCUT2D eigenvalue weighted by atomic mass is 16.2. The van der Waals surface area contributed by atoms with Crippen LogP contribution in [0.5, 0.6) is 0 Å². The van der Waals surface area contributed by atoms with Crippen LogP contribution in [0.2, 0.25) is 0 Å². The van der Waals surface area contributed by atoms with Crippen molar-refractivity contribution in [1.82, 2.24) is 4.90 Å². The zero-order chi connectivity index (χ0) is 20.4. The fourth-order valence-corrected chi connectivity index (χ4v) is 4.31. The molecule has 1 fully saturated rings. The predicted molar refractivity (Wildman–Crippen MR) is 115 cm³/mol. The first kappa shape index (κ1) is 19.4. The first-order valence-corrected chi connectivity index (χ1v) is 10.3. The van der Waals surface area contributed by atoms with Gasteiger partial charge in [-0.25, -0.2) is 0 Å². The number of nitrogens with zero attached hydrogens (tertiary/aromatic N) is 2. The normalized spacial score (nSPS) is 23.9. The van der Waals surface area contributed by atoms with E-state index in [1.54, 1.807) is 4.90 Å². The van der Waals surface area contributed by atoms with Crippen LogP contribution in [-0.2, 0) is 9.59 Å². The summed E-state index contributed by atoms with van der Waals surface area (Å²) in [6, 6.07) is 17.2. The summed E-state index contributed by atoms with van der Waals surface area (Å²) >= 11 is 0. The maximum Gasteiger partial charge on any atom is 0.275 e. The number of carbonyl (C=O) groups excluding carboxylic acids is 2. The van der Waals surface area contributed by atoms with Crippen LogP contribution in [0.15, 0.2) is 59.6 Å². The van der Waals surface area contributed by atoms with E-state index in [9.17, 15) is 9.59 Å². The third kappa shape index (κ3) is 3.95. The second-order valence-electron chi connectivity index (χ2n) is 8.30. The molecule has 150 valence electrons. The highest BCUT2D eigenvalue weighted by Crippen LogP contribution is 2.41. The first-order valence-electron chi connectivity index (χ1n) is 10.3. The average Bonchev–Trinajstić information content (AvgIpc) is 2.97. The molecule has 2 aromatic carbocycles. The van der Waals surface area contributed by atoms with Crippen LogP contribution in [0.25, 0.3) is 0 Å². The molecule has 5 heteroatoms. The molecular formula is C24H27N3O2. The standard InChI is InChI=1S/C24H27N3O2/c1-17-11-13-24(14-12-17)26-22(19-8-4-3-5-9-19)23(29)27(24)16-21(28)25-20-10-6-7-18(2)15-20/h3-10,15,17H,11-14,16H2,1-2H3,(H,25,28). The number of carbonyl (C=O) groups is 2. The van der Waals surface area contributed by atoms with Crippen molar-refractivity contribution in [2.75, 3.05) is 11.9 Å². The van der Waals surface area contributed by atoms with Gasteiger partial charge in [-0.3, -0.25) is 14.6 Å². The Labute approximate surface area is 171 Å². The van der Waals surface area contributed by atoms with E-state index >= 15 is 0 Å². The van der Waals surface area contributed by atoms with E-state index in [2.05, 4.69) is 12.2 Å². The monoisotopic (exact) mass is 389 g/mol. The maximum absolute atomic E-state index is 13.3. The van der Waals surface area contributed by atoms with Gasteiger partial charge in [-0.05, 0) is 56.2 Å². The van der Waals surface area contributed by atoms with E-state index in [0.717, 1.165) is 42.5 Å². The van der Waals surface area contributed by atoms with Crippen LogP contribution in [0.3, 0.4) is 0 Å². The van der Waals surface area contributed by atoms with Crippen molar-refractivity contribution < 1.29 is 9.59 Å². The molecule has 1 aliphatic carbocycles. The molecule has 2 aromatic rings. The largest absolute Gasteiger partial charge is 0.325 e. The van der Waals surface area contributed by atoms with Crippen molar-refractivity contribution in [3.63, 3.8) is 0 Å². The Morgan fingerprint density at radius 1 is 1.14 bits per heavy atom. The Balaban J connectivity index is 1.59. The molecule has 0 atom stereocenters. The number of aryl methyl sites for hydroxylation is 1. The number of amides is 2. The third-order valence-electron chi connectivity index (χ3n) is 6.00. The lowest BCUT2D eigenvalue weighted by Gasteiger charge is -2.40. The van der Waals surface area contributed by atoms with Crippen molar-refractivity contribution in [1.29, 1.82) is 0 Å². The molecule has 0 unspecified atom stereocenters. The van der Waals surface area contributed by atoms with Gasteiger partial charge in [0.05, 0.1) is 0 Å². The van der Waals surface area contributed by atoms with Crippen LogP contribution >= 0.6 is 0 Å². The Bertz CT molecular complexity index is 944. The van der Waals surface area contributed by atoms with E-state index in [-0.39, 0.29) is 18.4 Å². The molecule has 2 amide bonds. The van der Waals surface area contributed by atoms with Crippen LogP contribution in [0.1, 0.15) is 43.7 Å². The molecule has 1 N–H and O–H groups in total. The third-order valence-corrected chi connectivity index (χ3v) is 6.00. The Hall–Kier alpha value is -2.95. The predicted octanol–water partition coefficient (Wildman–Crippen LogP) is 4.17. The van der Waals surface area contributed by atoms with Gasteiger partial charge in [0.25, 0.3) is 5.91 Å². The van der Waals surface area contributed by atoms with Crippen molar-refractivity contribution in [3.05, 3.63) is 65.7 Å². The molecule has 0 aromatic heterocycles. The highest BCUT2D eigenvalue weighted by molar-refractivity contribution is 6.47. The summed E-state index contributed by atoms with van der Waals surface area (Å²) in [5.74, 6) is 0.284. The molecule has 0 radical (unpaired) electrons. The lowest BCUT2D eigenvalue weighted by molar-refractivity contribution is -0.134. The Kier molecular flexibility index (Phi) is 5.22. The summed E-state index contributed by atoms with van der Waals surface area (Å²) < 4.78 is 0. The fourth-order valence-electron chi connectivity index (χ4n) is 4.31. The number of nitrogens with one attached hydrogen (secondary N) is 1. The van der Waals surface area contributed by atoms with E-state index in [4.69, 9.17) is 4.99 Å². The molecular weight excluding hydrogens is 362 g/mol. The number of benzene rings is 2. The van der Waals surface area contributed by atoms with Gasteiger partial charge in [-0.2, -0.15) is 0 Å². The smallest absolute Gasteiger partial charge is 0.275 e. The van der Waals surface area contributed by atoms with Gasteiger partial charge in [0.1, 0.15) is 17.9 Å². The summed E-state index contributed by atoms with van der Waals surface area (Å²) in [6.45, 7) is 4.24. The van der Waals surface area contributed by atoms with Crippen LogP contribution < -0.4 is 5.32 Å². The zero-order valence-electron chi connectivity index (χ0n) is 17.0. The lowest BCUT2D eigenvalue weighted by Crippen LogP contribution is -2.51. The van der Waals surface area contributed by atoms with Crippen LogP contribution in [0.4, 0.5) is 5.69 Å². The quantitative estimate of drug-likeness (QED) is 0.853. The van der Waals surface area contributed by atoms with Crippen LogP contribution in [0, 0.1) is 12.8 Å². The van der Waals surface area contributed by atoms with Crippen molar-refractivity contribution in [3.8, 4) is 0 Å². The van der Waals surface area contributed by atoms with Gasteiger partial charge >= 0.3 is 0 Å². The summed E-state index contributed by atoms with van der Waals surface area (Å²) in [5.41, 5.74) is 2.52. The second-order valence-corrected chi connectivity index (χ2v) is 8.30. The number of hydrogen-bond donors (Lipinski definition) is 1. The molecule has 4 rings (SSSR count). The van der Waals surface area contributed by atoms with Gasteiger partial charge < -0.3 is 10.2 Å². The van der Waals surface area contributed by atoms with Gasteiger partial charge in [-0.1, -0.05) is 49.4 Å². The first-order chi connectivity index (χ1) is 14.0. The highest BCUT2D eigenvalue weighted by Gasteiger charge is 2.49. The molecule has 1 spiro atoms. The topological polar surface area (TPSA) is 61.8 Å². The minimum Gasteiger partial charge on any atom is -0.325 e. The molecule has 1 heterocycles. The SMILES string of the molecule is Cc1cccc(NC(=O)CN2C(=O)C(c3ccccc3)=NC23CCC(C)CC3)c1.